The Hall–Kier alpha value is -1.23. The predicted octanol–water partition coefficient (Wildman–Crippen LogP) is 3.09. The first-order chi connectivity index (χ1) is 8.44. The van der Waals surface area contributed by atoms with Gasteiger partial charge in [0, 0.05) is 0 Å². The SMILES string of the molecule is CCc1cc(C2(C(F)(F)F)COC2)ccc1OC. The summed E-state index contributed by atoms with van der Waals surface area (Å²) >= 11 is 0. The molecule has 0 radical (unpaired) electrons. The highest BCUT2D eigenvalue weighted by molar-refractivity contribution is 5.42. The Morgan fingerprint density at radius 1 is 1.33 bits per heavy atom. The molecule has 1 saturated heterocycles. The maximum Gasteiger partial charge on any atom is 0.402 e. The minimum Gasteiger partial charge on any atom is -0.496 e. The average Bonchev–Trinajstić information content (AvgIpc) is 2.25. The van der Waals surface area contributed by atoms with Crippen LogP contribution in [-0.2, 0) is 16.6 Å². The fraction of sp³-hybridized carbons (Fsp3) is 0.538. The van der Waals surface area contributed by atoms with Gasteiger partial charge in [-0.25, -0.2) is 0 Å². The van der Waals surface area contributed by atoms with E-state index in [1.807, 2.05) is 6.92 Å². The van der Waals surface area contributed by atoms with Gasteiger partial charge in [-0.15, -0.1) is 0 Å². The van der Waals surface area contributed by atoms with Crippen LogP contribution in [0.4, 0.5) is 13.2 Å². The van der Waals surface area contributed by atoms with Crippen LogP contribution in [0.15, 0.2) is 18.2 Å². The number of alkyl halides is 3. The fourth-order valence-electron chi connectivity index (χ4n) is 2.15. The van der Waals surface area contributed by atoms with Crippen molar-refractivity contribution in [3.05, 3.63) is 29.3 Å². The molecule has 0 N–H and O–H groups in total. The number of halogens is 3. The second-order valence-electron chi connectivity index (χ2n) is 4.45. The fourth-order valence-corrected chi connectivity index (χ4v) is 2.15. The molecular weight excluding hydrogens is 245 g/mol. The zero-order valence-electron chi connectivity index (χ0n) is 10.3. The summed E-state index contributed by atoms with van der Waals surface area (Å²) in [5, 5.41) is 0. The molecule has 1 aliphatic heterocycles. The van der Waals surface area contributed by atoms with Crippen LogP contribution in [0.3, 0.4) is 0 Å². The predicted molar refractivity (Wildman–Crippen MR) is 60.9 cm³/mol. The second-order valence-corrected chi connectivity index (χ2v) is 4.45. The van der Waals surface area contributed by atoms with E-state index in [1.165, 1.54) is 13.2 Å². The number of hydrogen-bond donors (Lipinski definition) is 0. The Kier molecular flexibility index (Phi) is 3.27. The van der Waals surface area contributed by atoms with Crippen LogP contribution < -0.4 is 4.74 Å². The summed E-state index contributed by atoms with van der Waals surface area (Å²) in [6.07, 6.45) is -3.66. The molecule has 1 aromatic carbocycles. The molecular formula is C13H15F3O2. The third-order valence-corrected chi connectivity index (χ3v) is 3.45. The van der Waals surface area contributed by atoms with Gasteiger partial charge in [0.15, 0.2) is 0 Å². The van der Waals surface area contributed by atoms with E-state index in [-0.39, 0.29) is 18.8 Å². The Bertz CT molecular complexity index is 436. The highest BCUT2D eigenvalue weighted by atomic mass is 19.4. The van der Waals surface area contributed by atoms with Crippen LogP contribution in [0.25, 0.3) is 0 Å². The Morgan fingerprint density at radius 3 is 2.39 bits per heavy atom. The topological polar surface area (TPSA) is 18.5 Å². The van der Waals surface area contributed by atoms with Crippen molar-refractivity contribution < 1.29 is 22.6 Å². The summed E-state index contributed by atoms with van der Waals surface area (Å²) in [4.78, 5) is 0. The van der Waals surface area contributed by atoms with Crippen molar-refractivity contribution in [3.63, 3.8) is 0 Å². The molecule has 0 amide bonds. The quantitative estimate of drug-likeness (QED) is 0.831. The van der Waals surface area contributed by atoms with Crippen LogP contribution >= 0.6 is 0 Å². The molecule has 2 rings (SSSR count). The maximum atomic E-state index is 13.1. The third-order valence-electron chi connectivity index (χ3n) is 3.45. The van der Waals surface area contributed by atoms with Gasteiger partial charge >= 0.3 is 6.18 Å². The maximum absolute atomic E-state index is 13.1. The molecule has 5 heteroatoms. The normalized spacial score (nSPS) is 18.3. The number of hydrogen-bond acceptors (Lipinski definition) is 2. The Labute approximate surface area is 104 Å². The van der Waals surface area contributed by atoms with E-state index >= 15 is 0 Å². The van der Waals surface area contributed by atoms with Crippen molar-refractivity contribution in [2.75, 3.05) is 20.3 Å². The minimum atomic E-state index is -4.29. The molecule has 1 aliphatic rings. The van der Waals surface area contributed by atoms with Crippen molar-refractivity contribution >= 4 is 0 Å². The van der Waals surface area contributed by atoms with E-state index in [9.17, 15) is 13.2 Å². The van der Waals surface area contributed by atoms with Crippen LogP contribution in [0, 0.1) is 0 Å². The van der Waals surface area contributed by atoms with Crippen molar-refractivity contribution in [1.82, 2.24) is 0 Å². The van der Waals surface area contributed by atoms with Crippen molar-refractivity contribution in [2.45, 2.75) is 24.9 Å². The zero-order valence-corrected chi connectivity index (χ0v) is 10.3. The molecule has 1 heterocycles. The first-order valence-corrected chi connectivity index (χ1v) is 5.76. The molecule has 0 spiro atoms. The zero-order chi connectivity index (χ0) is 13.4. The van der Waals surface area contributed by atoms with Gasteiger partial charge in [0.25, 0.3) is 0 Å². The van der Waals surface area contributed by atoms with E-state index in [1.54, 1.807) is 12.1 Å². The molecule has 18 heavy (non-hydrogen) atoms. The lowest BCUT2D eigenvalue weighted by Gasteiger charge is -2.43. The minimum absolute atomic E-state index is 0.263. The van der Waals surface area contributed by atoms with Crippen LogP contribution in [0.5, 0.6) is 5.75 Å². The highest BCUT2D eigenvalue weighted by Gasteiger charge is 2.61. The second kappa shape index (κ2) is 4.46. The summed E-state index contributed by atoms with van der Waals surface area (Å²) in [5.41, 5.74) is -0.798. The van der Waals surface area contributed by atoms with Crippen LogP contribution in [0.1, 0.15) is 18.1 Å². The summed E-state index contributed by atoms with van der Waals surface area (Å²) in [5.74, 6) is 0.624. The van der Waals surface area contributed by atoms with Gasteiger partial charge in [0.1, 0.15) is 11.2 Å². The van der Waals surface area contributed by atoms with Crippen molar-refractivity contribution in [2.24, 2.45) is 0 Å². The van der Waals surface area contributed by atoms with Gasteiger partial charge in [0.2, 0.25) is 0 Å². The number of aryl methyl sites for hydroxylation is 1. The largest absolute Gasteiger partial charge is 0.496 e. The smallest absolute Gasteiger partial charge is 0.402 e. The number of methoxy groups -OCH3 is 1. The Balaban J connectivity index is 2.44. The van der Waals surface area contributed by atoms with E-state index in [0.717, 1.165) is 5.56 Å². The third kappa shape index (κ3) is 1.86. The Morgan fingerprint density at radius 2 is 2.00 bits per heavy atom. The number of ether oxygens (including phenoxy) is 2. The monoisotopic (exact) mass is 260 g/mol. The van der Waals surface area contributed by atoms with Gasteiger partial charge in [-0.05, 0) is 23.6 Å². The van der Waals surface area contributed by atoms with Gasteiger partial charge in [-0.3, -0.25) is 0 Å². The first kappa shape index (κ1) is 13.2. The molecule has 0 aromatic heterocycles. The molecule has 1 fully saturated rings. The molecule has 1 aromatic rings. The molecule has 2 nitrogen and oxygen atoms in total. The molecule has 0 bridgehead atoms. The first-order valence-electron chi connectivity index (χ1n) is 5.76. The lowest BCUT2D eigenvalue weighted by molar-refractivity contribution is -0.262. The van der Waals surface area contributed by atoms with E-state index in [2.05, 4.69) is 0 Å². The lowest BCUT2D eigenvalue weighted by atomic mass is 9.77. The van der Waals surface area contributed by atoms with Gasteiger partial charge in [-0.2, -0.15) is 13.2 Å². The molecule has 0 aliphatic carbocycles. The molecule has 100 valence electrons. The molecule has 0 atom stereocenters. The van der Waals surface area contributed by atoms with E-state index in [4.69, 9.17) is 9.47 Å². The molecule has 0 unspecified atom stereocenters. The van der Waals surface area contributed by atoms with Crippen LogP contribution in [0.2, 0.25) is 0 Å². The molecule has 0 saturated carbocycles. The van der Waals surface area contributed by atoms with Gasteiger partial charge in [0.05, 0.1) is 20.3 Å². The van der Waals surface area contributed by atoms with Gasteiger partial charge in [-0.1, -0.05) is 19.1 Å². The average molecular weight is 260 g/mol. The lowest BCUT2D eigenvalue weighted by Crippen LogP contribution is -2.57. The summed E-state index contributed by atoms with van der Waals surface area (Å²) in [7, 11) is 1.51. The summed E-state index contributed by atoms with van der Waals surface area (Å²) in [6.45, 7) is 1.29. The van der Waals surface area contributed by atoms with E-state index < -0.39 is 11.6 Å². The van der Waals surface area contributed by atoms with Crippen LogP contribution in [-0.4, -0.2) is 26.5 Å². The standard InChI is InChI=1S/C13H15F3O2/c1-3-9-6-10(4-5-11(9)17-2)12(7-18-8-12)13(14,15)16/h4-6H,3,7-8H2,1-2H3. The number of benzene rings is 1. The van der Waals surface area contributed by atoms with Crippen molar-refractivity contribution in [1.29, 1.82) is 0 Å². The van der Waals surface area contributed by atoms with E-state index in [0.29, 0.717) is 12.2 Å². The summed E-state index contributed by atoms with van der Waals surface area (Å²) < 4.78 is 49.4. The summed E-state index contributed by atoms with van der Waals surface area (Å²) in [6, 6.07) is 4.66. The van der Waals surface area contributed by atoms with Crippen molar-refractivity contribution in [3.8, 4) is 5.75 Å². The number of rotatable bonds is 3. The highest BCUT2D eigenvalue weighted by Crippen LogP contribution is 2.47. The van der Waals surface area contributed by atoms with Gasteiger partial charge < -0.3 is 9.47 Å².